The number of hydrogen-bond donors (Lipinski definition) is 2. The minimum atomic E-state index is -1.95. The fourth-order valence-corrected chi connectivity index (χ4v) is 1.39. The summed E-state index contributed by atoms with van der Waals surface area (Å²) in [5.74, 6) is -0.755. The second-order valence-corrected chi connectivity index (χ2v) is 3.47. The molecule has 3 nitrogen and oxygen atoms in total. The predicted molar refractivity (Wildman–Crippen MR) is 53.7 cm³/mol. The molecule has 1 aromatic rings. The van der Waals surface area contributed by atoms with Gasteiger partial charge in [-0.25, -0.2) is 4.39 Å². The normalized spacial score (nSPS) is 9.46. The van der Waals surface area contributed by atoms with Crippen molar-refractivity contribution in [1.82, 2.24) is 0 Å². The fourth-order valence-electron chi connectivity index (χ4n) is 0.916. The molecule has 0 radical (unpaired) electrons. The van der Waals surface area contributed by atoms with Gasteiger partial charge in [0.1, 0.15) is 5.82 Å². The van der Waals surface area contributed by atoms with Gasteiger partial charge in [-0.2, -0.15) is 5.26 Å². The molecule has 0 bridgehead atoms. The summed E-state index contributed by atoms with van der Waals surface area (Å²) in [5, 5.41) is 26.1. The molecule has 0 unspecified atom stereocenters. The van der Waals surface area contributed by atoms with Crippen molar-refractivity contribution in [3.8, 4) is 6.07 Å². The van der Waals surface area contributed by atoms with Crippen molar-refractivity contribution >= 4 is 35.2 Å². The number of halogens is 2. The van der Waals surface area contributed by atoms with Gasteiger partial charge in [-0.3, -0.25) is 0 Å². The molecule has 0 fully saturated rings. The maximum absolute atomic E-state index is 13.2. The highest BCUT2D eigenvalue weighted by molar-refractivity contribution is 14.1. The van der Waals surface area contributed by atoms with Crippen LogP contribution in [-0.2, 0) is 0 Å². The average Bonchev–Trinajstić information content (AvgIpc) is 2.08. The molecule has 1 rings (SSSR count). The summed E-state index contributed by atoms with van der Waals surface area (Å²) < 4.78 is 13.5. The Kier molecular flexibility index (Phi) is 3.25. The molecule has 0 spiro atoms. The molecule has 1 aromatic carbocycles. The summed E-state index contributed by atoms with van der Waals surface area (Å²) >= 11 is 1.71. The zero-order valence-corrected chi connectivity index (χ0v) is 8.49. The van der Waals surface area contributed by atoms with Crippen molar-refractivity contribution in [2.75, 3.05) is 0 Å². The maximum atomic E-state index is 13.2. The molecule has 0 amide bonds. The Labute approximate surface area is 88.1 Å². The van der Waals surface area contributed by atoms with Gasteiger partial charge < -0.3 is 10.0 Å². The van der Waals surface area contributed by atoms with Gasteiger partial charge in [-0.1, -0.05) is 0 Å². The molecule has 0 aliphatic carbocycles. The third kappa shape index (κ3) is 1.99. The first-order chi connectivity index (χ1) is 6.07. The first-order valence-electron chi connectivity index (χ1n) is 3.32. The minimum Gasteiger partial charge on any atom is -0.423 e. The van der Waals surface area contributed by atoms with Gasteiger partial charge in [0, 0.05) is 9.03 Å². The molecule has 13 heavy (non-hydrogen) atoms. The van der Waals surface area contributed by atoms with Crippen LogP contribution in [-0.4, -0.2) is 17.2 Å². The van der Waals surface area contributed by atoms with E-state index < -0.39 is 12.9 Å². The van der Waals surface area contributed by atoms with Crippen molar-refractivity contribution in [3.05, 3.63) is 27.1 Å². The average molecular weight is 291 g/mol. The Morgan fingerprint density at radius 2 is 2.08 bits per heavy atom. The second kappa shape index (κ2) is 4.04. The Hall–Kier alpha value is -0.645. The summed E-state index contributed by atoms with van der Waals surface area (Å²) in [6, 6.07) is 4.43. The standard InChI is InChI=1S/C7H4BFINO2/c9-7-5(10)2-1-4(3-11)6(7)8(12)13/h1-2,12-13H. The quantitative estimate of drug-likeness (QED) is 0.564. The molecule has 6 heteroatoms. The molecule has 0 saturated carbocycles. The topological polar surface area (TPSA) is 64.2 Å². The van der Waals surface area contributed by atoms with Gasteiger partial charge in [0.05, 0.1) is 11.6 Å². The Morgan fingerprint density at radius 3 is 2.54 bits per heavy atom. The van der Waals surface area contributed by atoms with Crippen molar-refractivity contribution in [3.63, 3.8) is 0 Å². The number of nitrogens with zero attached hydrogens (tertiary/aromatic N) is 1. The summed E-state index contributed by atoms with van der Waals surface area (Å²) in [6.07, 6.45) is 0. The lowest BCUT2D eigenvalue weighted by atomic mass is 9.77. The first kappa shape index (κ1) is 10.4. The zero-order chi connectivity index (χ0) is 10.0. The lowest BCUT2D eigenvalue weighted by Gasteiger charge is -2.04. The smallest absolute Gasteiger partial charge is 0.423 e. The van der Waals surface area contributed by atoms with Crippen LogP contribution in [0.25, 0.3) is 0 Å². The van der Waals surface area contributed by atoms with E-state index in [1.807, 2.05) is 0 Å². The van der Waals surface area contributed by atoms with E-state index in [1.54, 1.807) is 28.7 Å². The third-order valence-corrected chi connectivity index (χ3v) is 2.34. The maximum Gasteiger partial charge on any atom is 0.492 e. The van der Waals surface area contributed by atoms with Crippen molar-refractivity contribution < 1.29 is 14.4 Å². The summed E-state index contributed by atoms with van der Waals surface area (Å²) in [7, 11) is -1.95. The highest BCUT2D eigenvalue weighted by Gasteiger charge is 2.22. The largest absolute Gasteiger partial charge is 0.492 e. The van der Waals surface area contributed by atoms with Crippen LogP contribution in [0.4, 0.5) is 4.39 Å². The van der Waals surface area contributed by atoms with E-state index in [0.717, 1.165) is 0 Å². The number of nitriles is 1. The molecule has 0 aromatic heterocycles. The fraction of sp³-hybridized carbons (Fsp3) is 0. The van der Waals surface area contributed by atoms with E-state index in [9.17, 15) is 4.39 Å². The van der Waals surface area contributed by atoms with E-state index >= 15 is 0 Å². The number of benzene rings is 1. The lowest BCUT2D eigenvalue weighted by molar-refractivity contribution is 0.422. The SMILES string of the molecule is N#Cc1ccc(I)c(F)c1B(O)O. The first-order valence-corrected chi connectivity index (χ1v) is 4.40. The van der Waals surface area contributed by atoms with E-state index in [-0.39, 0.29) is 14.6 Å². The monoisotopic (exact) mass is 291 g/mol. The van der Waals surface area contributed by atoms with Crippen LogP contribution >= 0.6 is 22.6 Å². The lowest BCUT2D eigenvalue weighted by Crippen LogP contribution is -2.35. The molecule has 0 saturated heterocycles. The van der Waals surface area contributed by atoms with Crippen molar-refractivity contribution in [2.24, 2.45) is 0 Å². The van der Waals surface area contributed by atoms with Crippen LogP contribution in [0.2, 0.25) is 0 Å². The zero-order valence-electron chi connectivity index (χ0n) is 6.33. The van der Waals surface area contributed by atoms with Crippen LogP contribution in [0, 0.1) is 20.7 Å². The molecule has 2 N–H and O–H groups in total. The van der Waals surface area contributed by atoms with Gasteiger partial charge >= 0.3 is 7.12 Å². The van der Waals surface area contributed by atoms with Crippen LogP contribution in [0.3, 0.4) is 0 Å². The molecule has 0 atom stereocenters. The second-order valence-electron chi connectivity index (χ2n) is 2.31. The van der Waals surface area contributed by atoms with Crippen LogP contribution in [0.1, 0.15) is 5.56 Å². The van der Waals surface area contributed by atoms with E-state index in [0.29, 0.717) is 0 Å². The molecule has 0 aliphatic heterocycles. The van der Waals surface area contributed by atoms with E-state index in [2.05, 4.69) is 0 Å². The molecular weight excluding hydrogens is 287 g/mol. The van der Waals surface area contributed by atoms with Crippen molar-refractivity contribution in [1.29, 1.82) is 5.26 Å². The molecule has 0 heterocycles. The number of hydrogen-bond acceptors (Lipinski definition) is 3. The summed E-state index contributed by atoms with van der Waals surface area (Å²) in [4.78, 5) is 0. The van der Waals surface area contributed by atoms with Gasteiger partial charge in [0.2, 0.25) is 0 Å². The van der Waals surface area contributed by atoms with Gasteiger partial charge in [0.25, 0.3) is 0 Å². The molecular formula is C7H4BFINO2. The van der Waals surface area contributed by atoms with Crippen LogP contribution in [0.15, 0.2) is 12.1 Å². The summed E-state index contributed by atoms with van der Waals surface area (Å²) in [6.45, 7) is 0. The van der Waals surface area contributed by atoms with E-state index in [4.69, 9.17) is 15.3 Å². The van der Waals surface area contributed by atoms with Crippen LogP contribution in [0.5, 0.6) is 0 Å². The van der Waals surface area contributed by atoms with Crippen LogP contribution < -0.4 is 5.46 Å². The highest BCUT2D eigenvalue weighted by Crippen LogP contribution is 2.10. The highest BCUT2D eigenvalue weighted by atomic mass is 127. The third-order valence-electron chi connectivity index (χ3n) is 1.51. The van der Waals surface area contributed by atoms with Gasteiger partial charge in [-0.05, 0) is 34.7 Å². The summed E-state index contributed by atoms with van der Waals surface area (Å²) in [5.41, 5.74) is -0.428. The van der Waals surface area contributed by atoms with E-state index in [1.165, 1.54) is 12.1 Å². The Morgan fingerprint density at radius 1 is 1.46 bits per heavy atom. The van der Waals surface area contributed by atoms with Crippen molar-refractivity contribution in [2.45, 2.75) is 0 Å². The Bertz CT molecular complexity index is 377. The molecule has 0 aliphatic rings. The minimum absolute atomic E-state index is 0.0621. The Balaban J connectivity index is 3.43. The van der Waals surface area contributed by atoms with Gasteiger partial charge in [0.15, 0.2) is 0 Å². The predicted octanol–water partition coefficient (Wildman–Crippen LogP) is -0.0182. The van der Waals surface area contributed by atoms with Gasteiger partial charge in [-0.15, -0.1) is 0 Å². The molecule has 66 valence electrons. The number of rotatable bonds is 1.